The molecule has 130 valence electrons. The molecule has 2 atom stereocenters. The van der Waals surface area contributed by atoms with E-state index in [-0.39, 0.29) is 6.10 Å². The third-order valence-electron chi connectivity index (χ3n) is 4.36. The number of thiazole rings is 1. The lowest BCUT2D eigenvalue weighted by Crippen LogP contribution is -2.49. The first-order valence-corrected chi connectivity index (χ1v) is 9.35. The van der Waals surface area contributed by atoms with Gasteiger partial charge in [0.15, 0.2) is 5.13 Å². The maximum Gasteiger partial charge on any atom is 0.185 e. The topological polar surface area (TPSA) is 58.1 Å². The number of aromatic nitrogens is 1. The molecule has 2 unspecified atom stereocenters. The zero-order valence-electron chi connectivity index (χ0n) is 13.8. The molecule has 0 amide bonds. The van der Waals surface area contributed by atoms with Crippen molar-refractivity contribution in [3.05, 3.63) is 11.1 Å². The van der Waals surface area contributed by atoms with Crippen LogP contribution in [0.25, 0.3) is 0 Å². The molecule has 0 aromatic carbocycles. The molecule has 3 heterocycles. The normalized spacial score (nSPS) is 24.3. The minimum Gasteiger partial charge on any atom is -0.389 e. The lowest BCUT2D eigenvalue weighted by atomic mass is 10.2. The third-order valence-corrected chi connectivity index (χ3v) is 5.38. The molecule has 2 aliphatic heterocycles. The van der Waals surface area contributed by atoms with Crippen molar-refractivity contribution < 1.29 is 14.6 Å². The first-order valence-electron chi connectivity index (χ1n) is 8.47. The standard InChI is InChI=1S/C16H27N3O3S/c1-13-12-23-16(17-13)19-6-4-18(5-7-19)9-14(20)10-21-11-15-3-2-8-22-15/h12,14-15,20H,2-11H2,1H3. The molecule has 1 N–H and O–H groups in total. The Kier molecular flexibility index (Phi) is 6.24. The smallest absolute Gasteiger partial charge is 0.185 e. The number of ether oxygens (including phenoxy) is 2. The van der Waals surface area contributed by atoms with Gasteiger partial charge >= 0.3 is 0 Å². The Morgan fingerprint density at radius 1 is 1.43 bits per heavy atom. The first-order chi connectivity index (χ1) is 11.2. The predicted octanol–water partition coefficient (Wildman–Crippen LogP) is 1.13. The van der Waals surface area contributed by atoms with Crippen molar-refractivity contribution in [1.29, 1.82) is 0 Å². The number of nitrogens with zero attached hydrogens (tertiary/aromatic N) is 3. The first kappa shape index (κ1) is 17.1. The largest absolute Gasteiger partial charge is 0.389 e. The van der Waals surface area contributed by atoms with Crippen LogP contribution in [0.3, 0.4) is 0 Å². The number of aliphatic hydroxyl groups excluding tert-OH is 1. The van der Waals surface area contributed by atoms with Crippen molar-refractivity contribution in [2.24, 2.45) is 0 Å². The third kappa shape index (κ3) is 5.12. The van der Waals surface area contributed by atoms with E-state index >= 15 is 0 Å². The maximum atomic E-state index is 10.1. The predicted molar refractivity (Wildman–Crippen MR) is 91.3 cm³/mol. The molecular weight excluding hydrogens is 314 g/mol. The Hall–Kier alpha value is -0.730. The molecule has 6 nitrogen and oxygen atoms in total. The van der Waals surface area contributed by atoms with Crippen LogP contribution in [0.15, 0.2) is 5.38 Å². The number of rotatable bonds is 7. The SMILES string of the molecule is Cc1csc(N2CCN(CC(O)COCC3CCCO3)CC2)n1. The van der Waals surface area contributed by atoms with E-state index in [4.69, 9.17) is 9.47 Å². The second-order valence-corrected chi connectivity index (χ2v) is 7.22. The van der Waals surface area contributed by atoms with E-state index in [1.54, 1.807) is 11.3 Å². The fourth-order valence-electron chi connectivity index (χ4n) is 3.07. The van der Waals surface area contributed by atoms with Gasteiger partial charge in [-0.25, -0.2) is 4.98 Å². The summed E-state index contributed by atoms with van der Waals surface area (Å²) in [5.74, 6) is 0. The van der Waals surface area contributed by atoms with Gasteiger partial charge in [0.2, 0.25) is 0 Å². The summed E-state index contributed by atoms with van der Waals surface area (Å²) in [4.78, 5) is 9.17. The second-order valence-electron chi connectivity index (χ2n) is 6.39. The molecule has 2 aliphatic rings. The fourth-order valence-corrected chi connectivity index (χ4v) is 3.93. The summed E-state index contributed by atoms with van der Waals surface area (Å²) < 4.78 is 11.1. The van der Waals surface area contributed by atoms with Gasteiger partial charge in [-0.15, -0.1) is 11.3 Å². The highest BCUT2D eigenvalue weighted by Gasteiger charge is 2.21. The average molecular weight is 341 g/mol. The van der Waals surface area contributed by atoms with Crippen molar-refractivity contribution in [3.8, 4) is 0 Å². The van der Waals surface area contributed by atoms with Crippen molar-refractivity contribution in [1.82, 2.24) is 9.88 Å². The molecule has 2 fully saturated rings. The quantitative estimate of drug-likeness (QED) is 0.802. The van der Waals surface area contributed by atoms with Crippen LogP contribution in [0.2, 0.25) is 0 Å². The molecule has 0 spiro atoms. The van der Waals surface area contributed by atoms with Crippen LogP contribution in [0.4, 0.5) is 5.13 Å². The number of anilines is 1. The Balaban J connectivity index is 1.31. The van der Waals surface area contributed by atoms with Crippen molar-refractivity contribution in [3.63, 3.8) is 0 Å². The molecule has 23 heavy (non-hydrogen) atoms. The van der Waals surface area contributed by atoms with Crippen LogP contribution < -0.4 is 4.90 Å². The van der Waals surface area contributed by atoms with Crippen LogP contribution in [0.5, 0.6) is 0 Å². The Morgan fingerprint density at radius 2 is 2.26 bits per heavy atom. The molecular formula is C16H27N3O3S. The average Bonchev–Trinajstić information content (AvgIpc) is 3.20. The van der Waals surface area contributed by atoms with Crippen molar-refractivity contribution >= 4 is 16.5 Å². The van der Waals surface area contributed by atoms with E-state index in [2.05, 4.69) is 20.2 Å². The van der Waals surface area contributed by atoms with Crippen molar-refractivity contribution in [2.45, 2.75) is 32.0 Å². The minimum absolute atomic E-state index is 0.229. The van der Waals surface area contributed by atoms with Gasteiger partial charge in [0.1, 0.15) is 0 Å². The van der Waals surface area contributed by atoms with E-state index in [1.807, 2.05) is 6.92 Å². The van der Waals surface area contributed by atoms with Gasteiger partial charge in [-0.2, -0.15) is 0 Å². The summed E-state index contributed by atoms with van der Waals surface area (Å²) >= 11 is 1.71. The van der Waals surface area contributed by atoms with Gasteiger partial charge in [0.25, 0.3) is 0 Å². The number of piperazine rings is 1. The minimum atomic E-state index is -0.426. The molecule has 0 radical (unpaired) electrons. The van der Waals surface area contributed by atoms with E-state index < -0.39 is 6.10 Å². The number of hydrogen-bond donors (Lipinski definition) is 1. The van der Waals surface area contributed by atoms with Crippen LogP contribution in [-0.4, -0.2) is 79.7 Å². The number of β-amino-alcohol motifs (C(OH)–C–C–N with tert-alkyl or cyclic N) is 1. The highest BCUT2D eigenvalue weighted by Crippen LogP contribution is 2.21. The van der Waals surface area contributed by atoms with Gasteiger partial charge in [0, 0.05) is 44.7 Å². The second kappa shape index (κ2) is 8.39. The molecule has 7 heteroatoms. The van der Waals surface area contributed by atoms with E-state index in [0.29, 0.717) is 19.8 Å². The summed E-state index contributed by atoms with van der Waals surface area (Å²) in [5, 5.41) is 13.3. The van der Waals surface area contributed by atoms with Gasteiger partial charge < -0.3 is 19.5 Å². The Morgan fingerprint density at radius 3 is 2.91 bits per heavy atom. The highest BCUT2D eigenvalue weighted by atomic mass is 32.1. The summed E-state index contributed by atoms with van der Waals surface area (Å²) in [6.07, 6.45) is 2.01. The molecule has 0 saturated carbocycles. The molecule has 1 aromatic heterocycles. The lowest BCUT2D eigenvalue weighted by Gasteiger charge is -2.35. The highest BCUT2D eigenvalue weighted by molar-refractivity contribution is 7.13. The molecule has 1 aromatic rings. The Labute approximate surface area is 142 Å². The van der Waals surface area contributed by atoms with Crippen LogP contribution in [-0.2, 0) is 9.47 Å². The van der Waals surface area contributed by atoms with E-state index in [9.17, 15) is 5.11 Å². The van der Waals surface area contributed by atoms with Gasteiger partial charge in [-0.05, 0) is 19.8 Å². The monoisotopic (exact) mass is 341 g/mol. The number of hydrogen-bond acceptors (Lipinski definition) is 7. The zero-order valence-corrected chi connectivity index (χ0v) is 14.6. The fraction of sp³-hybridized carbons (Fsp3) is 0.812. The van der Waals surface area contributed by atoms with E-state index in [0.717, 1.165) is 56.5 Å². The lowest BCUT2D eigenvalue weighted by molar-refractivity contribution is -0.0254. The summed E-state index contributed by atoms with van der Waals surface area (Å²) in [6.45, 7) is 8.41. The molecule has 0 aliphatic carbocycles. The summed E-state index contributed by atoms with van der Waals surface area (Å²) in [5.41, 5.74) is 1.09. The number of aryl methyl sites for hydroxylation is 1. The van der Waals surface area contributed by atoms with Gasteiger partial charge in [-0.3, -0.25) is 4.90 Å². The van der Waals surface area contributed by atoms with Gasteiger partial charge in [0.05, 0.1) is 31.1 Å². The van der Waals surface area contributed by atoms with Crippen LogP contribution in [0.1, 0.15) is 18.5 Å². The molecule has 2 saturated heterocycles. The van der Waals surface area contributed by atoms with Crippen LogP contribution >= 0.6 is 11.3 Å². The summed E-state index contributed by atoms with van der Waals surface area (Å²) in [7, 11) is 0. The molecule has 3 rings (SSSR count). The van der Waals surface area contributed by atoms with Gasteiger partial charge in [-0.1, -0.05) is 0 Å². The maximum absolute atomic E-state index is 10.1. The van der Waals surface area contributed by atoms with E-state index in [1.165, 1.54) is 0 Å². The molecule has 0 bridgehead atoms. The Bertz CT molecular complexity index is 471. The zero-order chi connectivity index (χ0) is 16.1. The van der Waals surface area contributed by atoms with Crippen molar-refractivity contribution in [2.75, 3.05) is 57.4 Å². The number of aliphatic hydroxyl groups is 1. The summed E-state index contributed by atoms with van der Waals surface area (Å²) in [6, 6.07) is 0. The van der Waals surface area contributed by atoms with Crippen LogP contribution in [0, 0.1) is 6.92 Å².